The van der Waals surface area contributed by atoms with Crippen LogP contribution in [-0.2, 0) is 6.18 Å². The van der Waals surface area contributed by atoms with Crippen LogP contribution in [0.3, 0.4) is 0 Å². The number of halogens is 6. The van der Waals surface area contributed by atoms with E-state index in [0.717, 1.165) is 24.3 Å². The molecule has 0 radical (unpaired) electrons. The van der Waals surface area contributed by atoms with Gasteiger partial charge in [0.25, 0.3) is 5.91 Å². The minimum atomic E-state index is -4.75. The Morgan fingerprint density at radius 2 is 1.80 bits per heavy atom. The van der Waals surface area contributed by atoms with Gasteiger partial charge >= 0.3 is 6.18 Å². The molecule has 4 nitrogen and oxygen atoms in total. The SMILES string of the molecule is N#Cc1ccc(NNC(=O)c2cc(Cl)c(F)cc2Cl)c(C(F)(F)F)c1. The van der Waals surface area contributed by atoms with Crippen LogP contribution in [0.4, 0.5) is 23.2 Å². The van der Waals surface area contributed by atoms with Crippen LogP contribution in [0.1, 0.15) is 21.5 Å². The van der Waals surface area contributed by atoms with Gasteiger partial charge in [-0.1, -0.05) is 23.2 Å². The predicted molar refractivity (Wildman–Crippen MR) is 83.7 cm³/mol. The monoisotopic (exact) mass is 391 g/mol. The van der Waals surface area contributed by atoms with E-state index in [1.807, 2.05) is 5.43 Å². The minimum Gasteiger partial charge on any atom is -0.298 e. The average Bonchev–Trinajstić information content (AvgIpc) is 2.55. The van der Waals surface area contributed by atoms with Crippen LogP contribution in [0.2, 0.25) is 10.0 Å². The van der Waals surface area contributed by atoms with Gasteiger partial charge in [-0.2, -0.15) is 18.4 Å². The standard InChI is InChI=1S/C15H7Cl2F4N3O/c16-10-5-12(18)11(17)4-8(10)14(25)24-23-13-2-1-7(6-22)3-9(13)15(19,20)21/h1-5,23H,(H,24,25). The zero-order valence-corrected chi connectivity index (χ0v) is 13.5. The minimum absolute atomic E-state index is 0.197. The van der Waals surface area contributed by atoms with Crippen molar-refractivity contribution in [3.8, 4) is 6.07 Å². The Morgan fingerprint density at radius 3 is 2.40 bits per heavy atom. The van der Waals surface area contributed by atoms with Gasteiger partial charge in [-0.15, -0.1) is 0 Å². The van der Waals surface area contributed by atoms with Crippen molar-refractivity contribution < 1.29 is 22.4 Å². The highest BCUT2D eigenvalue weighted by Crippen LogP contribution is 2.35. The molecule has 0 saturated carbocycles. The van der Waals surface area contributed by atoms with Crippen LogP contribution in [-0.4, -0.2) is 5.91 Å². The van der Waals surface area contributed by atoms with Gasteiger partial charge in [0.1, 0.15) is 5.82 Å². The second-order valence-electron chi connectivity index (χ2n) is 4.70. The Kier molecular flexibility index (Phi) is 5.40. The fourth-order valence-corrected chi connectivity index (χ4v) is 2.25. The first-order valence-electron chi connectivity index (χ1n) is 6.45. The molecule has 0 fully saturated rings. The molecule has 0 spiro atoms. The summed E-state index contributed by atoms with van der Waals surface area (Å²) in [5.41, 5.74) is 2.07. The lowest BCUT2D eigenvalue weighted by atomic mass is 10.1. The van der Waals surface area contributed by atoms with Crippen LogP contribution in [0.15, 0.2) is 30.3 Å². The lowest BCUT2D eigenvalue weighted by Crippen LogP contribution is -2.30. The maximum Gasteiger partial charge on any atom is 0.418 e. The smallest absolute Gasteiger partial charge is 0.298 e. The summed E-state index contributed by atoms with van der Waals surface area (Å²) in [5, 5.41) is 8.06. The van der Waals surface area contributed by atoms with E-state index in [9.17, 15) is 22.4 Å². The summed E-state index contributed by atoms with van der Waals surface area (Å²) in [6.45, 7) is 0. The molecule has 0 saturated heterocycles. The quantitative estimate of drug-likeness (QED) is 0.449. The van der Waals surface area contributed by atoms with E-state index < -0.39 is 29.2 Å². The van der Waals surface area contributed by atoms with Crippen LogP contribution >= 0.6 is 23.2 Å². The zero-order chi connectivity index (χ0) is 18.8. The first kappa shape index (κ1) is 18.8. The highest BCUT2D eigenvalue weighted by molar-refractivity contribution is 6.35. The average molecular weight is 392 g/mol. The molecule has 0 unspecified atom stereocenters. The summed E-state index contributed by atoms with van der Waals surface area (Å²) in [7, 11) is 0. The number of carbonyl (C=O) groups excluding carboxylic acids is 1. The lowest BCUT2D eigenvalue weighted by molar-refractivity contribution is -0.137. The predicted octanol–water partition coefficient (Wildman–Crippen LogP) is 4.78. The first-order chi connectivity index (χ1) is 11.6. The molecule has 2 aromatic rings. The number of benzene rings is 2. The van der Waals surface area contributed by atoms with E-state index in [4.69, 9.17) is 28.5 Å². The topological polar surface area (TPSA) is 64.9 Å². The number of hydrazine groups is 1. The van der Waals surface area contributed by atoms with E-state index >= 15 is 0 Å². The van der Waals surface area contributed by atoms with Crippen LogP contribution in [0.5, 0.6) is 0 Å². The van der Waals surface area contributed by atoms with Crippen molar-refractivity contribution in [2.75, 3.05) is 5.43 Å². The number of hydrogen-bond donors (Lipinski definition) is 2. The molecule has 0 aliphatic carbocycles. The molecule has 0 aromatic heterocycles. The second-order valence-corrected chi connectivity index (χ2v) is 5.51. The van der Waals surface area contributed by atoms with E-state index in [-0.39, 0.29) is 21.2 Å². The highest BCUT2D eigenvalue weighted by Gasteiger charge is 2.34. The molecule has 25 heavy (non-hydrogen) atoms. The fraction of sp³-hybridized carbons (Fsp3) is 0.0667. The number of amides is 1. The normalized spacial score (nSPS) is 10.9. The summed E-state index contributed by atoms with van der Waals surface area (Å²) in [6, 6.07) is 6.11. The van der Waals surface area contributed by atoms with E-state index in [0.29, 0.717) is 6.07 Å². The maximum absolute atomic E-state index is 13.2. The van der Waals surface area contributed by atoms with Crippen molar-refractivity contribution in [1.82, 2.24) is 5.43 Å². The highest BCUT2D eigenvalue weighted by atomic mass is 35.5. The molecular weight excluding hydrogens is 385 g/mol. The second kappa shape index (κ2) is 7.17. The van der Waals surface area contributed by atoms with Crippen molar-refractivity contribution in [1.29, 1.82) is 5.26 Å². The number of nitrogens with zero attached hydrogens (tertiary/aromatic N) is 1. The first-order valence-corrected chi connectivity index (χ1v) is 7.21. The third-order valence-corrected chi connectivity index (χ3v) is 3.62. The van der Waals surface area contributed by atoms with Gasteiger partial charge in [0, 0.05) is 0 Å². The molecule has 2 aromatic carbocycles. The Labute approximate surface area is 148 Å². The number of nitrogens with one attached hydrogen (secondary N) is 2. The van der Waals surface area contributed by atoms with Gasteiger partial charge in [0.2, 0.25) is 0 Å². The number of alkyl halides is 3. The van der Waals surface area contributed by atoms with E-state index in [1.165, 1.54) is 0 Å². The maximum atomic E-state index is 13.2. The van der Waals surface area contributed by atoms with Crippen LogP contribution in [0, 0.1) is 17.1 Å². The molecule has 10 heteroatoms. The molecule has 2 N–H and O–H groups in total. The Hall–Kier alpha value is -2.50. The fourth-order valence-electron chi connectivity index (χ4n) is 1.85. The Balaban J connectivity index is 2.26. The third-order valence-electron chi connectivity index (χ3n) is 3.02. The summed E-state index contributed by atoms with van der Waals surface area (Å²) in [4.78, 5) is 12.0. The Morgan fingerprint density at radius 1 is 1.12 bits per heavy atom. The molecule has 2 rings (SSSR count). The lowest BCUT2D eigenvalue weighted by Gasteiger charge is -2.16. The molecule has 130 valence electrons. The number of hydrogen-bond acceptors (Lipinski definition) is 3. The number of anilines is 1. The van der Waals surface area contributed by atoms with Gasteiger partial charge < -0.3 is 0 Å². The number of rotatable bonds is 3. The molecule has 0 heterocycles. The van der Waals surface area contributed by atoms with Crippen molar-refractivity contribution in [2.24, 2.45) is 0 Å². The van der Waals surface area contributed by atoms with Crippen LogP contribution < -0.4 is 10.9 Å². The zero-order valence-electron chi connectivity index (χ0n) is 12.0. The number of nitriles is 1. The van der Waals surface area contributed by atoms with E-state index in [2.05, 4.69) is 5.43 Å². The Bertz CT molecular complexity index is 878. The summed E-state index contributed by atoms with van der Waals surface area (Å²) < 4.78 is 52.3. The number of carbonyl (C=O) groups is 1. The van der Waals surface area contributed by atoms with Crippen molar-refractivity contribution in [3.63, 3.8) is 0 Å². The van der Waals surface area contributed by atoms with Gasteiger partial charge in [0.15, 0.2) is 0 Å². The van der Waals surface area contributed by atoms with Crippen molar-refractivity contribution >= 4 is 34.8 Å². The van der Waals surface area contributed by atoms with Crippen LogP contribution in [0.25, 0.3) is 0 Å². The molecule has 0 aliphatic heterocycles. The van der Waals surface area contributed by atoms with Gasteiger partial charge in [-0.05, 0) is 30.3 Å². The van der Waals surface area contributed by atoms with Gasteiger partial charge in [-0.3, -0.25) is 15.6 Å². The molecule has 0 atom stereocenters. The molecule has 1 amide bonds. The largest absolute Gasteiger partial charge is 0.418 e. The summed E-state index contributed by atoms with van der Waals surface area (Å²) >= 11 is 11.3. The van der Waals surface area contributed by atoms with E-state index in [1.54, 1.807) is 6.07 Å². The summed E-state index contributed by atoms with van der Waals surface area (Å²) in [5.74, 6) is -1.77. The van der Waals surface area contributed by atoms with Gasteiger partial charge in [0.05, 0.1) is 38.5 Å². The van der Waals surface area contributed by atoms with Crippen molar-refractivity contribution in [2.45, 2.75) is 6.18 Å². The molecular formula is C15H7Cl2F4N3O. The molecule has 0 bridgehead atoms. The third kappa shape index (κ3) is 4.32. The summed E-state index contributed by atoms with van der Waals surface area (Å²) in [6.07, 6.45) is -4.75. The molecule has 0 aliphatic rings. The van der Waals surface area contributed by atoms with Gasteiger partial charge in [-0.25, -0.2) is 4.39 Å². The van der Waals surface area contributed by atoms with Crippen molar-refractivity contribution in [3.05, 3.63) is 62.9 Å².